The third-order valence-corrected chi connectivity index (χ3v) is 3.34. The normalized spacial score (nSPS) is 16.6. The Labute approximate surface area is 103 Å². The van der Waals surface area contributed by atoms with E-state index in [2.05, 4.69) is 16.4 Å². The van der Waals surface area contributed by atoms with Gasteiger partial charge in [-0.05, 0) is 25.0 Å². The maximum absolute atomic E-state index is 8.76. The summed E-state index contributed by atoms with van der Waals surface area (Å²) in [5.74, 6) is 0. The fraction of sp³-hybridized carbons (Fsp3) is 0.571. The summed E-state index contributed by atoms with van der Waals surface area (Å²) in [6, 6.07) is 8.41. The van der Waals surface area contributed by atoms with Crippen LogP contribution in [-0.4, -0.2) is 17.6 Å². The van der Waals surface area contributed by atoms with Gasteiger partial charge in [0.25, 0.3) is 0 Å². The molecule has 3 nitrogen and oxygen atoms in total. The van der Waals surface area contributed by atoms with Crippen LogP contribution in [0.2, 0.25) is 0 Å². The molecule has 0 unspecified atom stereocenters. The van der Waals surface area contributed by atoms with E-state index in [1.54, 1.807) is 6.07 Å². The molecule has 0 aromatic carbocycles. The Balaban J connectivity index is 1.75. The highest BCUT2D eigenvalue weighted by molar-refractivity contribution is 5.22. The predicted molar refractivity (Wildman–Crippen MR) is 67.5 cm³/mol. The molecule has 1 heterocycles. The van der Waals surface area contributed by atoms with Crippen molar-refractivity contribution in [3.05, 3.63) is 29.6 Å². The number of hydrogen-bond donors (Lipinski definition) is 1. The second-order valence-electron chi connectivity index (χ2n) is 4.67. The first kappa shape index (κ1) is 12.1. The van der Waals surface area contributed by atoms with Crippen LogP contribution in [0.25, 0.3) is 0 Å². The Kier molecular flexibility index (Phi) is 4.52. The van der Waals surface area contributed by atoms with Gasteiger partial charge in [-0.2, -0.15) is 5.26 Å². The average Bonchev–Trinajstić information content (AvgIpc) is 2.40. The molecule has 17 heavy (non-hydrogen) atoms. The first-order valence-corrected chi connectivity index (χ1v) is 6.48. The van der Waals surface area contributed by atoms with E-state index in [0.29, 0.717) is 11.7 Å². The van der Waals surface area contributed by atoms with Crippen molar-refractivity contribution in [2.75, 3.05) is 6.54 Å². The third kappa shape index (κ3) is 3.83. The molecule has 1 saturated carbocycles. The maximum atomic E-state index is 8.76. The van der Waals surface area contributed by atoms with E-state index in [1.165, 1.54) is 32.1 Å². The molecular formula is C14H19N3. The molecule has 1 aromatic rings. The minimum Gasteiger partial charge on any atom is -0.314 e. The quantitative estimate of drug-likeness (QED) is 0.862. The van der Waals surface area contributed by atoms with Crippen LogP contribution >= 0.6 is 0 Å². The van der Waals surface area contributed by atoms with Crippen molar-refractivity contribution < 1.29 is 0 Å². The van der Waals surface area contributed by atoms with Crippen LogP contribution in [0.3, 0.4) is 0 Å². The van der Waals surface area contributed by atoms with Crippen molar-refractivity contribution in [2.45, 2.75) is 44.6 Å². The Bertz CT molecular complexity index is 389. The zero-order valence-electron chi connectivity index (χ0n) is 10.2. The second-order valence-corrected chi connectivity index (χ2v) is 4.67. The van der Waals surface area contributed by atoms with Crippen LogP contribution < -0.4 is 5.32 Å². The van der Waals surface area contributed by atoms with E-state index in [9.17, 15) is 0 Å². The molecule has 1 aliphatic rings. The zero-order valence-corrected chi connectivity index (χ0v) is 10.2. The zero-order chi connectivity index (χ0) is 11.9. The van der Waals surface area contributed by atoms with Crippen LogP contribution in [0.4, 0.5) is 0 Å². The minimum atomic E-state index is 0.514. The first-order chi connectivity index (χ1) is 8.38. The fourth-order valence-corrected chi connectivity index (χ4v) is 2.39. The van der Waals surface area contributed by atoms with Gasteiger partial charge < -0.3 is 5.32 Å². The van der Waals surface area contributed by atoms with Gasteiger partial charge in [0.15, 0.2) is 0 Å². The minimum absolute atomic E-state index is 0.514. The number of hydrogen-bond acceptors (Lipinski definition) is 3. The van der Waals surface area contributed by atoms with Gasteiger partial charge in [-0.3, -0.25) is 0 Å². The van der Waals surface area contributed by atoms with E-state index >= 15 is 0 Å². The molecule has 1 aromatic heterocycles. The Hall–Kier alpha value is -1.40. The molecule has 1 N–H and O–H groups in total. The Morgan fingerprint density at radius 3 is 2.88 bits per heavy atom. The van der Waals surface area contributed by atoms with Crippen molar-refractivity contribution in [1.29, 1.82) is 5.26 Å². The van der Waals surface area contributed by atoms with Crippen LogP contribution in [0, 0.1) is 11.3 Å². The van der Waals surface area contributed by atoms with Gasteiger partial charge >= 0.3 is 0 Å². The van der Waals surface area contributed by atoms with Crippen LogP contribution in [0.1, 0.15) is 43.5 Å². The maximum Gasteiger partial charge on any atom is 0.140 e. The topological polar surface area (TPSA) is 48.7 Å². The molecular weight excluding hydrogens is 210 g/mol. The van der Waals surface area contributed by atoms with E-state index in [-0.39, 0.29) is 0 Å². The summed E-state index contributed by atoms with van der Waals surface area (Å²) in [5.41, 5.74) is 1.52. The van der Waals surface area contributed by atoms with Gasteiger partial charge in [0.05, 0.1) is 0 Å². The smallest absolute Gasteiger partial charge is 0.140 e. The Morgan fingerprint density at radius 2 is 2.12 bits per heavy atom. The fourth-order valence-electron chi connectivity index (χ4n) is 2.39. The number of nitrogens with one attached hydrogen (secondary N) is 1. The lowest BCUT2D eigenvalue weighted by molar-refractivity contribution is 0.375. The van der Waals surface area contributed by atoms with Gasteiger partial charge in [-0.1, -0.05) is 25.3 Å². The first-order valence-electron chi connectivity index (χ1n) is 6.48. The van der Waals surface area contributed by atoms with Crippen LogP contribution in [0.15, 0.2) is 18.2 Å². The number of aromatic nitrogens is 1. The number of nitrogens with zero attached hydrogens (tertiary/aromatic N) is 2. The molecule has 0 spiro atoms. The summed E-state index contributed by atoms with van der Waals surface area (Å²) in [6.07, 6.45) is 7.65. The molecule has 1 fully saturated rings. The molecule has 0 amide bonds. The SMILES string of the molecule is N#Cc1cccc(CCNC2CCCCC2)n1. The average molecular weight is 229 g/mol. The van der Waals surface area contributed by atoms with Gasteiger partial charge in [0.1, 0.15) is 11.8 Å². The predicted octanol–water partition coefficient (Wildman–Crippen LogP) is 2.42. The molecule has 3 heteroatoms. The van der Waals surface area contributed by atoms with Crippen molar-refractivity contribution in [3.63, 3.8) is 0 Å². The summed E-state index contributed by atoms with van der Waals surface area (Å²) in [5, 5.41) is 12.3. The van der Waals surface area contributed by atoms with Gasteiger partial charge in [0, 0.05) is 24.7 Å². The number of rotatable bonds is 4. The van der Waals surface area contributed by atoms with Gasteiger partial charge in [0.2, 0.25) is 0 Å². The lowest BCUT2D eigenvalue weighted by Crippen LogP contribution is -2.32. The third-order valence-electron chi connectivity index (χ3n) is 3.34. The summed E-state index contributed by atoms with van der Waals surface area (Å²) < 4.78 is 0. The molecule has 0 atom stereocenters. The molecule has 0 saturated heterocycles. The molecule has 0 radical (unpaired) electrons. The van der Waals surface area contributed by atoms with Crippen LogP contribution in [0.5, 0.6) is 0 Å². The standard InChI is InChI=1S/C14H19N3/c15-11-14-8-4-7-13(17-14)9-10-16-12-5-2-1-3-6-12/h4,7-8,12,16H,1-3,5-6,9-10H2. The Morgan fingerprint density at radius 1 is 1.29 bits per heavy atom. The lowest BCUT2D eigenvalue weighted by Gasteiger charge is -2.22. The van der Waals surface area contributed by atoms with E-state index in [0.717, 1.165) is 18.7 Å². The highest BCUT2D eigenvalue weighted by Gasteiger charge is 2.11. The van der Waals surface area contributed by atoms with Crippen molar-refractivity contribution in [3.8, 4) is 6.07 Å². The van der Waals surface area contributed by atoms with E-state index in [4.69, 9.17) is 5.26 Å². The molecule has 90 valence electrons. The molecule has 2 rings (SSSR count). The van der Waals surface area contributed by atoms with Crippen molar-refractivity contribution in [2.24, 2.45) is 0 Å². The highest BCUT2D eigenvalue weighted by atomic mass is 14.9. The second kappa shape index (κ2) is 6.36. The van der Waals surface area contributed by atoms with Crippen LogP contribution in [-0.2, 0) is 6.42 Å². The van der Waals surface area contributed by atoms with Crippen molar-refractivity contribution in [1.82, 2.24) is 10.3 Å². The number of nitriles is 1. The summed E-state index contributed by atoms with van der Waals surface area (Å²) in [6.45, 7) is 0.965. The molecule has 0 aliphatic heterocycles. The van der Waals surface area contributed by atoms with Gasteiger partial charge in [-0.25, -0.2) is 4.98 Å². The van der Waals surface area contributed by atoms with E-state index in [1.807, 2.05) is 12.1 Å². The van der Waals surface area contributed by atoms with E-state index < -0.39 is 0 Å². The summed E-state index contributed by atoms with van der Waals surface area (Å²) in [7, 11) is 0. The highest BCUT2D eigenvalue weighted by Crippen LogP contribution is 2.17. The summed E-state index contributed by atoms with van der Waals surface area (Å²) >= 11 is 0. The molecule has 0 bridgehead atoms. The monoisotopic (exact) mass is 229 g/mol. The molecule has 1 aliphatic carbocycles. The van der Waals surface area contributed by atoms with Gasteiger partial charge in [-0.15, -0.1) is 0 Å². The summed E-state index contributed by atoms with van der Waals surface area (Å²) in [4.78, 5) is 4.27. The number of pyridine rings is 1. The van der Waals surface area contributed by atoms with Crippen molar-refractivity contribution >= 4 is 0 Å². The largest absolute Gasteiger partial charge is 0.314 e. The lowest BCUT2D eigenvalue weighted by atomic mass is 9.95.